The first-order valence-corrected chi connectivity index (χ1v) is 6.21. The lowest BCUT2D eigenvalue weighted by atomic mass is 10.3. The van der Waals surface area contributed by atoms with Crippen molar-refractivity contribution in [2.24, 2.45) is 0 Å². The molecule has 0 saturated carbocycles. The van der Waals surface area contributed by atoms with Gasteiger partial charge in [0, 0.05) is 26.7 Å². The van der Waals surface area contributed by atoms with Crippen molar-refractivity contribution in [3.63, 3.8) is 0 Å². The summed E-state index contributed by atoms with van der Waals surface area (Å²) in [7, 11) is 1.60. The summed E-state index contributed by atoms with van der Waals surface area (Å²) in [5.74, 6) is -0.168. The van der Waals surface area contributed by atoms with Gasteiger partial charge in [-0.15, -0.1) is 0 Å². The third-order valence-corrected chi connectivity index (χ3v) is 2.70. The van der Waals surface area contributed by atoms with E-state index in [1.54, 1.807) is 19.4 Å². The van der Waals surface area contributed by atoms with Crippen LogP contribution in [0.25, 0.3) is 0 Å². The molecule has 0 bridgehead atoms. The Hall–Kier alpha value is -1.62. The van der Waals surface area contributed by atoms with Crippen molar-refractivity contribution in [1.82, 2.24) is 10.3 Å². The number of methoxy groups -OCH3 is 1. The fourth-order valence-corrected chi connectivity index (χ4v) is 1.65. The Morgan fingerprint density at radius 2 is 2.11 bits per heavy atom. The van der Waals surface area contributed by atoms with E-state index in [4.69, 9.17) is 4.74 Å². The first kappa shape index (κ1) is 14.4. The fraction of sp³-hybridized carbons (Fsp3) is 0.538. The smallest absolute Gasteiger partial charge is 0.269 e. The predicted molar refractivity (Wildman–Crippen MR) is 72.0 cm³/mol. The molecular weight excluding hydrogens is 230 g/mol. The summed E-state index contributed by atoms with van der Waals surface area (Å²) in [6, 6.07) is 3.67. The topological polar surface area (TPSA) is 54.5 Å². The summed E-state index contributed by atoms with van der Waals surface area (Å²) >= 11 is 0. The third kappa shape index (κ3) is 4.00. The average molecular weight is 251 g/mol. The summed E-state index contributed by atoms with van der Waals surface area (Å²) in [5.41, 5.74) is 1.47. The Bertz CT molecular complexity index is 361. The number of nitrogens with zero attached hydrogens (tertiary/aromatic N) is 2. The molecule has 0 unspecified atom stereocenters. The number of hydrogen-bond donors (Lipinski definition) is 1. The third-order valence-electron chi connectivity index (χ3n) is 2.70. The molecule has 0 aliphatic carbocycles. The van der Waals surface area contributed by atoms with Crippen LogP contribution in [0.2, 0.25) is 0 Å². The average Bonchev–Trinajstić information content (AvgIpc) is 2.41. The van der Waals surface area contributed by atoms with Crippen molar-refractivity contribution >= 4 is 11.6 Å². The SMILES string of the molecule is CCN(CC)c1ccc(C(=O)NCCOC)nc1. The van der Waals surface area contributed by atoms with E-state index >= 15 is 0 Å². The van der Waals surface area contributed by atoms with Gasteiger partial charge in [0.15, 0.2) is 0 Å². The van der Waals surface area contributed by atoms with Gasteiger partial charge in [-0.05, 0) is 26.0 Å². The van der Waals surface area contributed by atoms with Gasteiger partial charge in [-0.25, -0.2) is 4.98 Å². The number of ether oxygens (including phenoxy) is 1. The van der Waals surface area contributed by atoms with Crippen molar-refractivity contribution in [3.8, 4) is 0 Å². The highest BCUT2D eigenvalue weighted by molar-refractivity contribution is 5.92. The van der Waals surface area contributed by atoms with E-state index in [0.717, 1.165) is 18.8 Å². The molecular formula is C13H21N3O2. The van der Waals surface area contributed by atoms with Crippen LogP contribution in [-0.2, 0) is 4.74 Å². The number of nitrogens with one attached hydrogen (secondary N) is 1. The summed E-state index contributed by atoms with van der Waals surface area (Å²) in [6.07, 6.45) is 1.73. The Labute approximate surface area is 108 Å². The zero-order chi connectivity index (χ0) is 13.4. The standard InChI is InChI=1S/C13H21N3O2/c1-4-16(5-2)11-6-7-12(15-10-11)13(17)14-8-9-18-3/h6-7,10H,4-5,8-9H2,1-3H3,(H,14,17). The number of amides is 1. The maximum absolute atomic E-state index is 11.7. The molecule has 0 spiro atoms. The second-order valence-corrected chi connectivity index (χ2v) is 3.82. The first-order chi connectivity index (χ1) is 8.72. The molecule has 0 atom stereocenters. The van der Waals surface area contributed by atoms with E-state index in [1.165, 1.54) is 0 Å². The molecule has 0 saturated heterocycles. The molecule has 0 fully saturated rings. The van der Waals surface area contributed by atoms with Gasteiger partial charge >= 0.3 is 0 Å². The van der Waals surface area contributed by atoms with Gasteiger partial charge in [-0.2, -0.15) is 0 Å². The number of rotatable bonds is 7. The quantitative estimate of drug-likeness (QED) is 0.742. The molecule has 1 heterocycles. The minimum Gasteiger partial charge on any atom is -0.383 e. The molecule has 1 aromatic rings. The zero-order valence-corrected chi connectivity index (χ0v) is 11.3. The van der Waals surface area contributed by atoms with Crippen LogP contribution in [-0.4, -0.2) is 44.2 Å². The van der Waals surface area contributed by atoms with Crippen LogP contribution < -0.4 is 10.2 Å². The lowest BCUT2D eigenvalue weighted by Crippen LogP contribution is -2.28. The van der Waals surface area contributed by atoms with E-state index < -0.39 is 0 Å². The molecule has 0 aliphatic rings. The van der Waals surface area contributed by atoms with Crippen LogP contribution >= 0.6 is 0 Å². The first-order valence-electron chi connectivity index (χ1n) is 6.21. The van der Waals surface area contributed by atoms with Gasteiger partial charge in [0.1, 0.15) is 5.69 Å². The molecule has 0 radical (unpaired) electrons. The molecule has 1 amide bonds. The molecule has 100 valence electrons. The van der Waals surface area contributed by atoms with Crippen molar-refractivity contribution < 1.29 is 9.53 Å². The van der Waals surface area contributed by atoms with Gasteiger partial charge in [0.2, 0.25) is 0 Å². The lowest BCUT2D eigenvalue weighted by Gasteiger charge is -2.20. The molecule has 1 rings (SSSR count). The highest BCUT2D eigenvalue weighted by Crippen LogP contribution is 2.12. The van der Waals surface area contributed by atoms with Gasteiger partial charge in [-0.1, -0.05) is 0 Å². The molecule has 1 aromatic heterocycles. The number of hydrogen-bond acceptors (Lipinski definition) is 4. The van der Waals surface area contributed by atoms with Crippen LogP contribution in [0.4, 0.5) is 5.69 Å². The van der Waals surface area contributed by atoms with E-state index in [1.807, 2.05) is 6.07 Å². The zero-order valence-electron chi connectivity index (χ0n) is 11.3. The Morgan fingerprint density at radius 1 is 1.39 bits per heavy atom. The van der Waals surface area contributed by atoms with Crippen molar-refractivity contribution in [3.05, 3.63) is 24.0 Å². The molecule has 5 heteroatoms. The fourth-order valence-electron chi connectivity index (χ4n) is 1.65. The number of carbonyl (C=O) groups excluding carboxylic acids is 1. The van der Waals surface area contributed by atoms with E-state index in [0.29, 0.717) is 18.8 Å². The highest BCUT2D eigenvalue weighted by Gasteiger charge is 2.07. The van der Waals surface area contributed by atoms with Gasteiger partial charge in [-0.3, -0.25) is 4.79 Å². The summed E-state index contributed by atoms with van der Waals surface area (Å²) < 4.78 is 4.87. The van der Waals surface area contributed by atoms with Crippen molar-refractivity contribution in [2.75, 3.05) is 38.3 Å². The number of anilines is 1. The molecule has 5 nitrogen and oxygen atoms in total. The second-order valence-electron chi connectivity index (χ2n) is 3.82. The monoisotopic (exact) mass is 251 g/mol. The molecule has 0 aromatic carbocycles. The molecule has 18 heavy (non-hydrogen) atoms. The normalized spacial score (nSPS) is 10.2. The van der Waals surface area contributed by atoms with E-state index in [9.17, 15) is 4.79 Å². The largest absolute Gasteiger partial charge is 0.383 e. The summed E-state index contributed by atoms with van der Waals surface area (Å²) in [6.45, 7) is 7.04. The minimum atomic E-state index is -0.168. The van der Waals surface area contributed by atoms with Crippen LogP contribution in [0.1, 0.15) is 24.3 Å². The highest BCUT2D eigenvalue weighted by atomic mass is 16.5. The summed E-state index contributed by atoms with van der Waals surface area (Å²) in [4.78, 5) is 18.1. The van der Waals surface area contributed by atoms with Gasteiger partial charge < -0.3 is 15.0 Å². The number of aromatic nitrogens is 1. The second kappa shape index (κ2) is 7.66. The summed E-state index contributed by atoms with van der Waals surface area (Å²) in [5, 5.41) is 2.74. The minimum absolute atomic E-state index is 0.168. The Balaban J connectivity index is 2.61. The Morgan fingerprint density at radius 3 is 2.61 bits per heavy atom. The van der Waals surface area contributed by atoms with Gasteiger partial charge in [0.05, 0.1) is 18.5 Å². The van der Waals surface area contributed by atoms with E-state index in [2.05, 4.69) is 29.0 Å². The van der Waals surface area contributed by atoms with Crippen molar-refractivity contribution in [2.45, 2.75) is 13.8 Å². The van der Waals surface area contributed by atoms with Crippen LogP contribution in [0.15, 0.2) is 18.3 Å². The Kier molecular flexibility index (Phi) is 6.14. The van der Waals surface area contributed by atoms with E-state index in [-0.39, 0.29) is 5.91 Å². The predicted octanol–water partition coefficient (Wildman–Crippen LogP) is 1.30. The van der Waals surface area contributed by atoms with Crippen LogP contribution in [0.5, 0.6) is 0 Å². The maximum atomic E-state index is 11.7. The number of carbonyl (C=O) groups is 1. The lowest BCUT2D eigenvalue weighted by molar-refractivity contribution is 0.0932. The van der Waals surface area contributed by atoms with Crippen LogP contribution in [0, 0.1) is 0 Å². The molecule has 1 N–H and O–H groups in total. The van der Waals surface area contributed by atoms with Crippen molar-refractivity contribution in [1.29, 1.82) is 0 Å². The maximum Gasteiger partial charge on any atom is 0.269 e. The van der Waals surface area contributed by atoms with Gasteiger partial charge in [0.25, 0.3) is 5.91 Å². The number of pyridine rings is 1. The molecule has 0 aliphatic heterocycles. The van der Waals surface area contributed by atoms with Crippen LogP contribution in [0.3, 0.4) is 0 Å².